The second-order valence-corrected chi connectivity index (χ2v) is 5.96. The Hall–Kier alpha value is -3.53. The molecule has 1 N–H and O–H groups in total. The number of fused-ring (bicyclic) bond motifs is 1. The molecule has 0 fully saturated rings. The van der Waals surface area contributed by atoms with Gasteiger partial charge in [-0.15, -0.1) is 0 Å². The highest BCUT2D eigenvalue weighted by molar-refractivity contribution is 6.15. The smallest absolute Gasteiger partial charge is 0.340 e. The first-order chi connectivity index (χ1) is 13.0. The lowest BCUT2D eigenvalue weighted by Gasteiger charge is -2.03. The van der Waals surface area contributed by atoms with Crippen molar-refractivity contribution < 1.29 is 23.8 Å². The van der Waals surface area contributed by atoms with E-state index in [0.717, 1.165) is 0 Å². The molecule has 0 aliphatic carbocycles. The van der Waals surface area contributed by atoms with Crippen LogP contribution in [0, 0.1) is 25.2 Å². The summed E-state index contributed by atoms with van der Waals surface area (Å²) in [5, 5.41) is 9.47. The molecule has 138 valence electrons. The third-order valence-corrected chi connectivity index (χ3v) is 4.22. The van der Waals surface area contributed by atoms with Crippen LogP contribution in [0.2, 0.25) is 0 Å². The van der Waals surface area contributed by atoms with E-state index >= 15 is 0 Å². The number of allylic oxidation sites excluding steroid dienone is 1. The van der Waals surface area contributed by atoms with Crippen LogP contribution in [0.25, 0.3) is 6.08 Å². The molecule has 7 heteroatoms. The zero-order valence-electron chi connectivity index (χ0n) is 15.2. The fraction of sp³-hybridized carbons (Fsp3) is 0.250. The van der Waals surface area contributed by atoms with Crippen molar-refractivity contribution in [2.75, 3.05) is 13.4 Å². The third kappa shape index (κ3) is 3.42. The van der Waals surface area contributed by atoms with Crippen LogP contribution >= 0.6 is 0 Å². The maximum Gasteiger partial charge on any atom is 0.340 e. The average Bonchev–Trinajstić information content (AvgIpc) is 3.22. The van der Waals surface area contributed by atoms with Gasteiger partial charge in [0, 0.05) is 5.69 Å². The summed E-state index contributed by atoms with van der Waals surface area (Å²) >= 11 is 0. The van der Waals surface area contributed by atoms with Gasteiger partial charge >= 0.3 is 5.97 Å². The number of nitrogens with zero attached hydrogens (tertiary/aromatic N) is 1. The Kier molecular flexibility index (Phi) is 4.99. The molecule has 1 aromatic carbocycles. The molecule has 0 saturated heterocycles. The number of carbonyl (C=O) groups excluding carboxylic acids is 2. The first-order valence-electron chi connectivity index (χ1n) is 8.38. The average molecular weight is 366 g/mol. The van der Waals surface area contributed by atoms with Crippen LogP contribution in [0.4, 0.5) is 0 Å². The fourth-order valence-corrected chi connectivity index (χ4v) is 2.94. The number of carbonyl (C=O) groups is 2. The molecule has 0 atom stereocenters. The van der Waals surface area contributed by atoms with Crippen molar-refractivity contribution in [2.45, 2.75) is 20.8 Å². The first-order valence-corrected chi connectivity index (χ1v) is 8.38. The van der Waals surface area contributed by atoms with Gasteiger partial charge in [0.05, 0.1) is 17.9 Å². The highest BCUT2D eigenvalue weighted by Gasteiger charge is 2.25. The van der Waals surface area contributed by atoms with Gasteiger partial charge in [0.1, 0.15) is 11.6 Å². The van der Waals surface area contributed by atoms with E-state index in [1.54, 1.807) is 39.0 Å². The summed E-state index contributed by atoms with van der Waals surface area (Å²) in [4.78, 5) is 27.9. The molecule has 27 heavy (non-hydrogen) atoms. The van der Waals surface area contributed by atoms with E-state index in [4.69, 9.17) is 14.2 Å². The van der Waals surface area contributed by atoms with Crippen molar-refractivity contribution >= 4 is 17.8 Å². The van der Waals surface area contributed by atoms with Crippen molar-refractivity contribution in [3.63, 3.8) is 0 Å². The van der Waals surface area contributed by atoms with Gasteiger partial charge in [-0.25, -0.2) is 4.79 Å². The minimum absolute atomic E-state index is 0.0615. The Morgan fingerprint density at radius 3 is 2.74 bits per heavy atom. The number of esters is 1. The molecule has 3 rings (SSSR count). The number of hydrogen-bond donors (Lipinski definition) is 1. The molecule has 0 radical (unpaired) electrons. The molecule has 7 nitrogen and oxygen atoms in total. The van der Waals surface area contributed by atoms with Crippen LogP contribution in [0.1, 0.15) is 44.6 Å². The Labute approximate surface area is 156 Å². The number of benzene rings is 1. The summed E-state index contributed by atoms with van der Waals surface area (Å²) in [6, 6.07) is 7.08. The van der Waals surface area contributed by atoms with Gasteiger partial charge in [-0.05, 0) is 50.1 Å². The standard InChI is InChI=1S/C20H18N2O5/c1-4-25-20(24)17-11(2)18(22-12(17)3)19(23)14(9-21)7-13-5-6-15-16(8-13)27-10-26-15/h5-8,22H,4,10H2,1-3H3. The highest BCUT2D eigenvalue weighted by Crippen LogP contribution is 2.33. The number of Topliss-reactive ketones (excluding diaryl/α,β-unsaturated/α-hetero) is 1. The monoisotopic (exact) mass is 366 g/mol. The number of H-pyrrole nitrogens is 1. The van der Waals surface area contributed by atoms with Gasteiger partial charge in [-0.2, -0.15) is 5.26 Å². The maximum absolute atomic E-state index is 12.9. The van der Waals surface area contributed by atoms with Crippen LogP contribution in [0.3, 0.4) is 0 Å². The molecule has 2 heterocycles. The zero-order chi connectivity index (χ0) is 19.6. The Morgan fingerprint density at radius 2 is 2.04 bits per heavy atom. The summed E-state index contributed by atoms with van der Waals surface area (Å²) in [5.74, 6) is 0.184. The molecule has 0 spiro atoms. The van der Waals surface area contributed by atoms with Crippen molar-refractivity contribution in [3.8, 4) is 17.6 Å². The SMILES string of the molecule is CCOC(=O)c1c(C)[nH]c(C(=O)C(C#N)=Cc2ccc3c(c2)OCO3)c1C. The lowest BCUT2D eigenvalue weighted by molar-refractivity contribution is 0.0525. The molecule has 1 aromatic heterocycles. The summed E-state index contributed by atoms with van der Waals surface area (Å²) in [6.45, 7) is 5.43. The molecule has 0 amide bonds. The fourth-order valence-electron chi connectivity index (χ4n) is 2.94. The van der Waals surface area contributed by atoms with Crippen molar-refractivity contribution in [3.05, 3.63) is 51.9 Å². The van der Waals surface area contributed by atoms with Crippen LogP contribution in [-0.2, 0) is 4.74 Å². The topological polar surface area (TPSA) is 101 Å². The number of aromatic nitrogens is 1. The summed E-state index contributed by atoms with van der Waals surface area (Å²) < 4.78 is 15.6. The molecule has 2 aromatic rings. The molecular weight excluding hydrogens is 348 g/mol. The van der Waals surface area contributed by atoms with Crippen LogP contribution in [0.5, 0.6) is 11.5 Å². The van der Waals surface area contributed by atoms with Crippen LogP contribution in [-0.4, -0.2) is 30.1 Å². The normalized spacial score (nSPS) is 12.6. The van der Waals surface area contributed by atoms with Gasteiger partial charge in [-0.3, -0.25) is 4.79 Å². The van der Waals surface area contributed by atoms with E-state index in [1.165, 1.54) is 6.08 Å². The summed E-state index contributed by atoms with van der Waals surface area (Å²) in [5.41, 5.74) is 2.08. The number of rotatable bonds is 5. The Balaban J connectivity index is 1.95. The van der Waals surface area contributed by atoms with E-state index in [1.807, 2.05) is 6.07 Å². The van der Waals surface area contributed by atoms with Crippen LogP contribution < -0.4 is 9.47 Å². The van der Waals surface area contributed by atoms with Crippen molar-refractivity contribution in [1.29, 1.82) is 5.26 Å². The number of hydrogen-bond acceptors (Lipinski definition) is 6. The van der Waals surface area contributed by atoms with E-state index in [2.05, 4.69) is 4.98 Å². The van der Waals surface area contributed by atoms with Gasteiger partial charge in [0.25, 0.3) is 0 Å². The lowest BCUT2D eigenvalue weighted by atomic mass is 10.0. The second-order valence-electron chi connectivity index (χ2n) is 5.96. The van der Waals surface area contributed by atoms with E-state index in [0.29, 0.717) is 33.9 Å². The summed E-state index contributed by atoms with van der Waals surface area (Å²) in [7, 11) is 0. The highest BCUT2D eigenvalue weighted by atomic mass is 16.7. The molecule has 1 aliphatic heterocycles. The Morgan fingerprint density at radius 1 is 1.30 bits per heavy atom. The van der Waals surface area contributed by atoms with Gasteiger partial charge in [-0.1, -0.05) is 6.07 Å². The quantitative estimate of drug-likeness (QED) is 0.377. The van der Waals surface area contributed by atoms with Crippen molar-refractivity contribution in [1.82, 2.24) is 4.98 Å². The molecule has 0 unspecified atom stereocenters. The van der Waals surface area contributed by atoms with Gasteiger partial charge < -0.3 is 19.2 Å². The maximum atomic E-state index is 12.9. The Bertz CT molecular complexity index is 995. The first kappa shape index (κ1) is 18.3. The second kappa shape index (κ2) is 7.38. The lowest BCUT2D eigenvalue weighted by Crippen LogP contribution is -2.08. The minimum Gasteiger partial charge on any atom is -0.462 e. The van der Waals surface area contributed by atoms with E-state index in [-0.39, 0.29) is 24.7 Å². The molecule has 0 bridgehead atoms. The number of ketones is 1. The number of ether oxygens (including phenoxy) is 3. The third-order valence-electron chi connectivity index (χ3n) is 4.22. The largest absolute Gasteiger partial charge is 0.462 e. The predicted molar refractivity (Wildman–Crippen MR) is 96.7 cm³/mol. The van der Waals surface area contributed by atoms with E-state index in [9.17, 15) is 14.9 Å². The number of nitriles is 1. The molecule has 1 aliphatic rings. The molecular formula is C20H18N2O5. The molecule has 0 saturated carbocycles. The zero-order valence-corrected chi connectivity index (χ0v) is 15.2. The van der Waals surface area contributed by atoms with Crippen molar-refractivity contribution in [2.24, 2.45) is 0 Å². The minimum atomic E-state index is -0.499. The number of nitrogens with one attached hydrogen (secondary N) is 1. The predicted octanol–water partition coefficient (Wildman–Crippen LogP) is 3.33. The van der Waals surface area contributed by atoms with Crippen LogP contribution in [0.15, 0.2) is 23.8 Å². The summed E-state index contributed by atoms with van der Waals surface area (Å²) in [6.07, 6.45) is 1.48. The van der Waals surface area contributed by atoms with Gasteiger partial charge in [0.2, 0.25) is 12.6 Å². The number of aryl methyl sites for hydroxylation is 1. The van der Waals surface area contributed by atoms with Gasteiger partial charge in [0.15, 0.2) is 11.5 Å². The number of aromatic amines is 1. The van der Waals surface area contributed by atoms with E-state index < -0.39 is 11.8 Å².